The molecule has 0 aliphatic carbocycles. The number of nitrogen functional groups attached to an aromatic ring is 1. The van der Waals surface area contributed by atoms with Crippen LogP contribution >= 0.6 is 0 Å². The average molecular weight is 250 g/mol. The van der Waals surface area contributed by atoms with Gasteiger partial charge in [-0.1, -0.05) is 0 Å². The van der Waals surface area contributed by atoms with Gasteiger partial charge in [-0.15, -0.1) is 0 Å². The lowest BCUT2D eigenvalue weighted by molar-refractivity contribution is 0.0532. The minimum absolute atomic E-state index is 0.167. The van der Waals surface area contributed by atoms with E-state index < -0.39 is 0 Å². The molecule has 1 aromatic rings. The van der Waals surface area contributed by atoms with Gasteiger partial charge in [0.25, 0.3) is 0 Å². The maximum atomic E-state index is 11.5. The van der Waals surface area contributed by atoms with Gasteiger partial charge in [0.2, 0.25) is 0 Å². The first-order valence-corrected chi connectivity index (χ1v) is 5.96. The SMILES string of the molecule is COC(=O)c1ccc(N)c(N2CCOC(C)C2)c1. The number of rotatable bonds is 2. The molecule has 1 unspecified atom stereocenters. The number of hydrogen-bond acceptors (Lipinski definition) is 5. The molecule has 2 N–H and O–H groups in total. The number of carbonyl (C=O) groups is 1. The predicted octanol–water partition coefficient (Wildman–Crippen LogP) is 1.28. The van der Waals surface area contributed by atoms with E-state index in [1.54, 1.807) is 18.2 Å². The number of anilines is 2. The van der Waals surface area contributed by atoms with E-state index in [0.29, 0.717) is 17.9 Å². The van der Waals surface area contributed by atoms with Crippen molar-refractivity contribution in [1.29, 1.82) is 0 Å². The number of hydrogen-bond donors (Lipinski definition) is 1. The standard InChI is InChI=1S/C13H18N2O3/c1-9-8-15(5-6-18-9)12-7-10(13(16)17-2)3-4-11(12)14/h3-4,7,9H,5-6,8,14H2,1-2H3. The van der Waals surface area contributed by atoms with Crippen LogP contribution in [0.25, 0.3) is 0 Å². The van der Waals surface area contributed by atoms with E-state index in [4.69, 9.17) is 15.2 Å². The molecule has 1 fully saturated rings. The monoisotopic (exact) mass is 250 g/mol. The molecule has 1 aromatic carbocycles. The summed E-state index contributed by atoms with van der Waals surface area (Å²) in [6, 6.07) is 5.19. The van der Waals surface area contributed by atoms with Gasteiger partial charge in [-0.3, -0.25) is 0 Å². The molecule has 0 spiro atoms. The van der Waals surface area contributed by atoms with Crippen LogP contribution in [0.2, 0.25) is 0 Å². The Kier molecular flexibility index (Phi) is 3.72. The van der Waals surface area contributed by atoms with Gasteiger partial charge in [0, 0.05) is 13.1 Å². The van der Waals surface area contributed by atoms with Crippen molar-refractivity contribution in [3.05, 3.63) is 23.8 Å². The fraction of sp³-hybridized carbons (Fsp3) is 0.462. The van der Waals surface area contributed by atoms with Crippen molar-refractivity contribution >= 4 is 17.3 Å². The van der Waals surface area contributed by atoms with Crippen LogP contribution in [0.15, 0.2) is 18.2 Å². The Morgan fingerprint density at radius 2 is 2.33 bits per heavy atom. The minimum Gasteiger partial charge on any atom is -0.465 e. The maximum Gasteiger partial charge on any atom is 0.337 e. The van der Waals surface area contributed by atoms with Crippen LogP contribution in [0.3, 0.4) is 0 Å². The summed E-state index contributed by atoms with van der Waals surface area (Å²) < 4.78 is 10.2. The molecule has 0 bridgehead atoms. The summed E-state index contributed by atoms with van der Waals surface area (Å²) in [5.41, 5.74) is 8.02. The highest BCUT2D eigenvalue weighted by atomic mass is 16.5. The fourth-order valence-corrected chi connectivity index (χ4v) is 2.10. The zero-order valence-corrected chi connectivity index (χ0v) is 10.7. The lowest BCUT2D eigenvalue weighted by Gasteiger charge is -2.33. The van der Waals surface area contributed by atoms with Gasteiger partial charge in [0.1, 0.15) is 0 Å². The van der Waals surface area contributed by atoms with Crippen LogP contribution < -0.4 is 10.6 Å². The molecule has 1 heterocycles. The van der Waals surface area contributed by atoms with Crippen LogP contribution in [-0.2, 0) is 9.47 Å². The quantitative estimate of drug-likeness (QED) is 0.632. The summed E-state index contributed by atoms with van der Waals surface area (Å²) in [5.74, 6) is -0.349. The molecule has 1 saturated heterocycles. The number of nitrogens with two attached hydrogens (primary N) is 1. The Morgan fingerprint density at radius 3 is 3.00 bits per heavy atom. The summed E-state index contributed by atoms with van der Waals surface area (Å²) in [6.07, 6.45) is 0.167. The summed E-state index contributed by atoms with van der Waals surface area (Å²) >= 11 is 0. The van der Waals surface area contributed by atoms with E-state index in [-0.39, 0.29) is 12.1 Å². The Morgan fingerprint density at radius 1 is 1.56 bits per heavy atom. The number of esters is 1. The van der Waals surface area contributed by atoms with Gasteiger partial charge in [-0.25, -0.2) is 4.79 Å². The molecule has 0 radical (unpaired) electrons. The van der Waals surface area contributed by atoms with E-state index in [9.17, 15) is 4.79 Å². The third-order valence-electron chi connectivity index (χ3n) is 3.03. The highest BCUT2D eigenvalue weighted by Crippen LogP contribution is 2.26. The number of benzene rings is 1. The van der Waals surface area contributed by atoms with Crippen molar-refractivity contribution < 1.29 is 14.3 Å². The van der Waals surface area contributed by atoms with Crippen LogP contribution in [0.5, 0.6) is 0 Å². The second kappa shape index (κ2) is 5.27. The van der Waals surface area contributed by atoms with Crippen molar-refractivity contribution in [3.63, 3.8) is 0 Å². The van der Waals surface area contributed by atoms with Gasteiger partial charge in [0.05, 0.1) is 36.8 Å². The van der Waals surface area contributed by atoms with Gasteiger partial charge in [0.15, 0.2) is 0 Å². The second-order valence-electron chi connectivity index (χ2n) is 4.39. The molecule has 0 amide bonds. The van der Waals surface area contributed by atoms with Crippen LogP contribution in [0.1, 0.15) is 17.3 Å². The molecule has 2 rings (SSSR count). The first-order chi connectivity index (χ1) is 8.61. The average Bonchev–Trinajstić information content (AvgIpc) is 2.38. The summed E-state index contributed by atoms with van der Waals surface area (Å²) in [5, 5.41) is 0. The number of ether oxygens (including phenoxy) is 2. The van der Waals surface area contributed by atoms with Crippen molar-refractivity contribution in [2.45, 2.75) is 13.0 Å². The molecule has 0 saturated carbocycles. The van der Waals surface area contributed by atoms with E-state index >= 15 is 0 Å². The lowest BCUT2D eigenvalue weighted by atomic mass is 10.1. The summed E-state index contributed by atoms with van der Waals surface area (Å²) in [4.78, 5) is 13.7. The Labute approximate surface area is 106 Å². The summed E-state index contributed by atoms with van der Waals surface area (Å²) in [6.45, 7) is 4.24. The van der Waals surface area contributed by atoms with Gasteiger partial charge >= 0.3 is 5.97 Å². The third kappa shape index (κ3) is 2.56. The molecule has 0 aromatic heterocycles. The molecule has 1 aliphatic rings. The van der Waals surface area contributed by atoms with Gasteiger partial charge in [-0.05, 0) is 25.1 Å². The predicted molar refractivity (Wildman–Crippen MR) is 69.8 cm³/mol. The van der Waals surface area contributed by atoms with Crippen LogP contribution in [0.4, 0.5) is 11.4 Å². The minimum atomic E-state index is -0.349. The lowest BCUT2D eigenvalue weighted by Crippen LogP contribution is -2.41. The Balaban J connectivity index is 2.28. The number of morpholine rings is 1. The number of carbonyl (C=O) groups excluding carboxylic acids is 1. The second-order valence-corrected chi connectivity index (χ2v) is 4.39. The molecule has 98 valence electrons. The van der Waals surface area contributed by atoms with Crippen molar-refractivity contribution in [3.8, 4) is 0 Å². The van der Waals surface area contributed by atoms with E-state index in [1.807, 2.05) is 6.92 Å². The largest absolute Gasteiger partial charge is 0.465 e. The molecule has 5 heteroatoms. The topological polar surface area (TPSA) is 64.8 Å². The first-order valence-electron chi connectivity index (χ1n) is 5.96. The Bertz CT molecular complexity index is 448. The van der Waals surface area contributed by atoms with E-state index in [2.05, 4.69) is 4.90 Å². The third-order valence-corrected chi connectivity index (χ3v) is 3.03. The molecule has 5 nitrogen and oxygen atoms in total. The van der Waals surface area contributed by atoms with Crippen molar-refractivity contribution in [2.75, 3.05) is 37.4 Å². The molecular weight excluding hydrogens is 232 g/mol. The zero-order chi connectivity index (χ0) is 13.1. The zero-order valence-electron chi connectivity index (χ0n) is 10.7. The summed E-state index contributed by atoms with van der Waals surface area (Å²) in [7, 11) is 1.37. The highest BCUT2D eigenvalue weighted by Gasteiger charge is 2.20. The maximum absolute atomic E-state index is 11.5. The fourth-order valence-electron chi connectivity index (χ4n) is 2.10. The molecule has 1 aliphatic heterocycles. The highest BCUT2D eigenvalue weighted by molar-refractivity contribution is 5.92. The first kappa shape index (κ1) is 12.7. The molecular formula is C13H18N2O3. The van der Waals surface area contributed by atoms with Gasteiger partial charge in [-0.2, -0.15) is 0 Å². The molecule has 18 heavy (non-hydrogen) atoms. The molecule has 1 atom stereocenters. The van der Waals surface area contributed by atoms with Crippen molar-refractivity contribution in [2.24, 2.45) is 0 Å². The smallest absolute Gasteiger partial charge is 0.337 e. The van der Waals surface area contributed by atoms with Crippen LogP contribution in [-0.4, -0.2) is 38.9 Å². The van der Waals surface area contributed by atoms with E-state index in [0.717, 1.165) is 18.8 Å². The van der Waals surface area contributed by atoms with E-state index in [1.165, 1.54) is 7.11 Å². The number of nitrogens with zero attached hydrogens (tertiary/aromatic N) is 1. The number of methoxy groups -OCH3 is 1. The Hall–Kier alpha value is -1.75. The van der Waals surface area contributed by atoms with Crippen LogP contribution in [0, 0.1) is 0 Å². The van der Waals surface area contributed by atoms with Gasteiger partial charge < -0.3 is 20.1 Å². The van der Waals surface area contributed by atoms with Crippen molar-refractivity contribution in [1.82, 2.24) is 0 Å². The normalized spacial score (nSPS) is 19.7.